The minimum Gasteiger partial charge on any atom is -0.283 e. The Balaban J connectivity index is 2.20. The Hall–Kier alpha value is -1.51. The Labute approximate surface area is 103 Å². The van der Waals surface area contributed by atoms with Gasteiger partial charge in [0.05, 0.1) is 5.69 Å². The van der Waals surface area contributed by atoms with E-state index < -0.39 is 0 Å². The summed E-state index contributed by atoms with van der Waals surface area (Å²) >= 11 is 0. The Kier molecular flexibility index (Phi) is 3.67. The topological polar surface area (TPSA) is 23.6 Å². The summed E-state index contributed by atoms with van der Waals surface area (Å²) in [7, 11) is 1.88. The van der Waals surface area contributed by atoms with E-state index in [2.05, 4.69) is 23.2 Å². The molecule has 17 heavy (non-hydrogen) atoms. The van der Waals surface area contributed by atoms with Gasteiger partial charge in [0, 0.05) is 20.0 Å². The maximum Gasteiger partial charge on any atom is 0.240 e. The third kappa shape index (κ3) is 2.43. The summed E-state index contributed by atoms with van der Waals surface area (Å²) in [6.07, 6.45) is 3.75. The lowest BCUT2D eigenvalue weighted by molar-refractivity contribution is -0.130. The Morgan fingerprint density at radius 2 is 2.18 bits per heavy atom. The number of hydrazine groups is 1. The minimum absolute atomic E-state index is 0.198. The highest BCUT2D eigenvalue weighted by Crippen LogP contribution is 2.27. The molecule has 0 bridgehead atoms. The summed E-state index contributed by atoms with van der Waals surface area (Å²) in [5.41, 5.74) is 2.53. The molecule has 1 aromatic carbocycles. The predicted octanol–water partition coefficient (Wildman–Crippen LogP) is 2.61. The summed E-state index contributed by atoms with van der Waals surface area (Å²) in [4.78, 5) is 11.9. The largest absolute Gasteiger partial charge is 0.283 e. The minimum atomic E-state index is 0.198. The van der Waals surface area contributed by atoms with Gasteiger partial charge in [0.15, 0.2) is 0 Å². The van der Waals surface area contributed by atoms with Crippen LogP contribution in [0.5, 0.6) is 0 Å². The first-order valence-corrected chi connectivity index (χ1v) is 6.36. The van der Waals surface area contributed by atoms with Gasteiger partial charge in [0.2, 0.25) is 5.91 Å². The van der Waals surface area contributed by atoms with Crippen LogP contribution in [0.3, 0.4) is 0 Å². The molecule has 1 aromatic rings. The molecule has 0 aromatic heterocycles. The van der Waals surface area contributed by atoms with E-state index in [0.29, 0.717) is 6.42 Å². The summed E-state index contributed by atoms with van der Waals surface area (Å²) in [5, 5.41) is 3.89. The Bertz CT molecular complexity index is 403. The number of fused-ring (bicyclic) bond motifs is 1. The van der Waals surface area contributed by atoms with Crippen LogP contribution in [0.15, 0.2) is 24.3 Å². The molecule has 1 heterocycles. The van der Waals surface area contributed by atoms with Gasteiger partial charge in [0.25, 0.3) is 0 Å². The molecule has 0 saturated heterocycles. The molecule has 2 rings (SSSR count). The fourth-order valence-corrected chi connectivity index (χ4v) is 2.34. The van der Waals surface area contributed by atoms with Crippen molar-refractivity contribution in [2.45, 2.75) is 32.6 Å². The molecule has 92 valence electrons. The lowest BCUT2D eigenvalue weighted by atomic mass is 10.0. The number of carbonyl (C=O) groups is 1. The highest BCUT2D eigenvalue weighted by atomic mass is 16.2. The number of aryl methyl sites for hydroxylation is 1. The van der Waals surface area contributed by atoms with Crippen LogP contribution in [0.4, 0.5) is 5.69 Å². The van der Waals surface area contributed by atoms with Gasteiger partial charge < -0.3 is 0 Å². The van der Waals surface area contributed by atoms with E-state index in [1.54, 1.807) is 5.01 Å². The van der Waals surface area contributed by atoms with E-state index in [1.807, 2.05) is 20.0 Å². The molecule has 1 aliphatic heterocycles. The molecule has 0 saturated carbocycles. The number of rotatable bonds is 3. The van der Waals surface area contributed by atoms with Crippen molar-refractivity contribution in [3.05, 3.63) is 29.8 Å². The molecule has 0 N–H and O–H groups in total. The standard InChI is InChI=1S/C14H20N2O/c1-3-7-14(17)15(2)16-11-6-9-12-8-4-5-10-13(12)16/h4-5,8,10H,3,6-7,9,11H2,1-2H3. The van der Waals surface area contributed by atoms with E-state index in [0.717, 1.165) is 25.8 Å². The second-order valence-corrected chi connectivity index (χ2v) is 4.52. The van der Waals surface area contributed by atoms with Crippen molar-refractivity contribution in [1.29, 1.82) is 0 Å². The molecule has 1 amide bonds. The highest BCUT2D eigenvalue weighted by Gasteiger charge is 2.22. The summed E-state index contributed by atoms with van der Waals surface area (Å²) in [5.74, 6) is 0.198. The first-order valence-electron chi connectivity index (χ1n) is 6.36. The number of anilines is 1. The molecule has 0 unspecified atom stereocenters. The smallest absolute Gasteiger partial charge is 0.240 e. The van der Waals surface area contributed by atoms with Crippen LogP contribution in [-0.4, -0.2) is 24.5 Å². The van der Waals surface area contributed by atoms with E-state index in [4.69, 9.17) is 0 Å². The first-order chi connectivity index (χ1) is 8.24. The van der Waals surface area contributed by atoms with Crippen molar-refractivity contribution in [2.24, 2.45) is 0 Å². The lowest BCUT2D eigenvalue weighted by Crippen LogP contribution is -2.46. The molecular weight excluding hydrogens is 212 g/mol. The molecule has 0 radical (unpaired) electrons. The zero-order valence-corrected chi connectivity index (χ0v) is 10.6. The number of para-hydroxylation sites is 1. The van der Waals surface area contributed by atoms with Crippen LogP contribution in [-0.2, 0) is 11.2 Å². The zero-order chi connectivity index (χ0) is 12.3. The van der Waals surface area contributed by atoms with Crippen molar-refractivity contribution in [1.82, 2.24) is 5.01 Å². The maximum atomic E-state index is 11.9. The number of hydrogen-bond acceptors (Lipinski definition) is 2. The van der Waals surface area contributed by atoms with Gasteiger partial charge in [0.1, 0.15) is 0 Å². The van der Waals surface area contributed by atoms with E-state index in [-0.39, 0.29) is 5.91 Å². The summed E-state index contributed by atoms with van der Waals surface area (Å²) < 4.78 is 0. The van der Waals surface area contributed by atoms with Crippen LogP contribution in [0, 0.1) is 0 Å². The van der Waals surface area contributed by atoms with Crippen molar-refractivity contribution in [3.8, 4) is 0 Å². The number of benzene rings is 1. The van der Waals surface area contributed by atoms with Gasteiger partial charge in [-0.15, -0.1) is 0 Å². The number of amides is 1. The molecule has 0 aliphatic carbocycles. The summed E-state index contributed by atoms with van der Waals surface area (Å²) in [6, 6.07) is 8.36. The van der Waals surface area contributed by atoms with Crippen molar-refractivity contribution in [3.63, 3.8) is 0 Å². The van der Waals surface area contributed by atoms with Crippen LogP contribution >= 0.6 is 0 Å². The molecule has 0 atom stereocenters. The van der Waals surface area contributed by atoms with Crippen molar-refractivity contribution < 1.29 is 4.79 Å². The van der Waals surface area contributed by atoms with Gasteiger partial charge >= 0.3 is 0 Å². The van der Waals surface area contributed by atoms with Gasteiger partial charge in [-0.25, -0.2) is 0 Å². The zero-order valence-electron chi connectivity index (χ0n) is 10.6. The van der Waals surface area contributed by atoms with E-state index >= 15 is 0 Å². The third-order valence-electron chi connectivity index (χ3n) is 3.27. The first kappa shape index (κ1) is 12.0. The third-order valence-corrected chi connectivity index (χ3v) is 3.27. The Morgan fingerprint density at radius 3 is 2.94 bits per heavy atom. The number of hydrogen-bond donors (Lipinski definition) is 0. The summed E-state index contributed by atoms with van der Waals surface area (Å²) in [6.45, 7) is 2.97. The molecule has 3 heteroatoms. The highest BCUT2D eigenvalue weighted by molar-refractivity contribution is 5.78. The molecule has 1 aliphatic rings. The average Bonchev–Trinajstić information content (AvgIpc) is 2.37. The van der Waals surface area contributed by atoms with E-state index in [9.17, 15) is 4.79 Å². The van der Waals surface area contributed by atoms with Gasteiger partial charge in [-0.1, -0.05) is 25.1 Å². The monoisotopic (exact) mass is 232 g/mol. The van der Waals surface area contributed by atoms with Gasteiger partial charge in [-0.2, -0.15) is 0 Å². The van der Waals surface area contributed by atoms with Crippen molar-refractivity contribution >= 4 is 11.6 Å². The fraction of sp³-hybridized carbons (Fsp3) is 0.500. The molecule has 0 fully saturated rings. The second kappa shape index (κ2) is 5.21. The molecular formula is C14H20N2O. The second-order valence-electron chi connectivity index (χ2n) is 4.52. The van der Waals surface area contributed by atoms with Crippen molar-refractivity contribution in [2.75, 3.05) is 18.6 Å². The number of nitrogens with zero attached hydrogens (tertiary/aromatic N) is 2. The van der Waals surface area contributed by atoms with E-state index in [1.165, 1.54) is 11.3 Å². The molecule has 0 spiro atoms. The van der Waals surface area contributed by atoms with Crippen LogP contribution < -0.4 is 5.01 Å². The molecule has 3 nitrogen and oxygen atoms in total. The quantitative estimate of drug-likeness (QED) is 0.799. The number of carbonyl (C=O) groups excluding carboxylic acids is 1. The Morgan fingerprint density at radius 1 is 1.41 bits per heavy atom. The normalized spacial score (nSPS) is 14.4. The predicted molar refractivity (Wildman–Crippen MR) is 69.8 cm³/mol. The lowest BCUT2D eigenvalue weighted by Gasteiger charge is -2.38. The van der Waals surface area contributed by atoms with Gasteiger partial charge in [-0.05, 0) is 30.9 Å². The van der Waals surface area contributed by atoms with Crippen LogP contribution in [0.2, 0.25) is 0 Å². The maximum absolute atomic E-state index is 11.9. The van der Waals surface area contributed by atoms with Crippen LogP contribution in [0.1, 0.15) is 31.7 Å². The average molecular weight is 232 g/mol. The fourth-order valence-electron chi connectivity index (χ4n) is 2.34. The van der Waals surface area contributed by atoms with Gasteiger partial charge in [-0.3, -0.25) is 14.8 Å². The van der Waals surface area contributed by atoms with Crippen LogP contribution in [0.25, 0.3) is 0 Å². The SMILES string of the molecule is CCCC(=O)N(C)N1CCCc2ccccc21.